The number of carbonyl (C=O) groups is 2. The third-order valence-electron chi connectivity index (χ3n) is 6.63. The molecular formula is C24H27N3O2S2. The molecule has 1 unspecified atom stereocenters. The lowest BCUT2D eigenvalue weighted by Gasteiger charge is -2.44. The molecule has 0 radical (unpaired) electrons. The Kier molecular flexibility index (Phi) is 5.34. The summed E-state index contributed by atoms with van der Waals surface area (Å²) in [4.78, 5) is 31.4. The molecule has 0 bridgehead atoms. The lowest BCUT2D eigenvalue weighted by Crippen LogP contribution is -2.65. The van der Waals surface area contributed by atoms with Crippen molar-refractivity contribution in [1.82, 2.24) is 9.88 Å². The third kappa shape index (κ3) is 3.48. The molecule has 1 fully saturated rings. The summed E-state index contributed by atoms with van der Waals surface area (Å²) < 4.78 is 2.04. The topological polar surface area (TPSA) is 54.3 Å². The molecule has 162 valence electrons. The molecule has 31 heavy (non-hydrogen) atoms. The van der Waals surface area contributed by atoms with Crippen LogP contribution >= 0.6 is 23.1 Å². The molecular weight excluding hydrogens is 426 g/mol. The van der Waals surface area contributed by atoms with Gasteiger partial charge in [-0.15, -0.1) is 23.1 Å². The predicted octanol–water partition coefficient (Wildman–Crippen LogP) is 5.29. The van der Waals surface area contributed by atoms with Crippen LogP contribution in [0, 0.1) is 0 Å². The maximum absolute atomic E-state index is 13.8. The second-order valence-corrected chi connectivity index (χ2v) is 10.5. The molecule has 1 N–H and O–H groups in total. The first-order valence-electron chi connectivity index (χ1n) is 10.9. The van der Waals surface area contributed by atoms with Gasteiger partial charge >= 0.3 is 0 Å². The molecule has 1 aliphatic heterocycles. The lowest BCUT2D eigenvalue weighted by molar-refractivity contribution is -0.127. The van der Waals surface area contributed by atoms with Crippen molar-refractivity contribution < 1.29 is 9.59 Å². The van der Waals surface area contributed by atoms with E-state index in [4.69, 9.17) is 0 Å². The van der Waals surface area contributed by atoms with E-state index in [0.717, 1.165) is 46.5 Å². The van der Waals surface area contributed by atoms with Crippen LogP contribution in [0.4, 0.5) is 5.69 Å². The van der Waals surface area contributed by atoms with Crippen molar-refractivity contribution in [2.45, 2.75) is 62.0 Å². The van der Waals surface area contributed by atoms with E-state index in [2.05, 4.69) is 5.32 Å². The fraction of sp³-hybridized carbons (Fsp3) is 0.417. The Labute approximate surface area is 190 Å². The van der Waals surface area contributed by atoms with Gasteiger partial charge in [0.15, 0.2) is 0 Å². The monoisotopic (exact) mass is 453 g/mol. The number of thiophene rings is 1. The van der Waals surface area contributed by atoms with Gasteiger partial charge in [0.1, 0.15) is 16.1 Å². The summed E-state index contributed by atoms with van der Waals surface area (Å²) in [7, 11) is 0. The van der Waals surface area contributed by atoms with Crippen molar-refractivity contribution in [1.29, 1.82) is 0 Å². The van der Waals surface area contributed by atoms with E-state index >= 15 is 0 Å². The summed E-state index contributed by atoms with van der Waals surface area (Å²) in [5.74, 6) is -0.180. The fourth-order valence-electron chi connectivity index (χ4n) is 4.94. The smallest absolute Gasteiger partial charge is 0.275 e. The van der Waals surface area contributed by atoms with Crippen LogP contribution in [0.15, 0.2) is 46.7 Å². The largest absolute Gasteiger partial charge is 0.351 e. The van der Waals surface area contributed by atoms with Gasteiger partial charge in [0.25, 0.3) is 5.91 Å². The van der Waals surface area contributed by atoms with Crippen LogP contribution in [0.2, 0.25) is 0 Å². The van der Waals surface area contributed by atoms with E-state index in [-0.39, 0.29) is 17.9 Å². The van der Waals surface area contributed by atoms with E-state index < -0.39 is 5.54 Å². The van der Waals surface area contributed by atoms with Crippen molar-refractivity contribution in [3.05, 3.63) is 47.5 Å². The van der Waals surface area contributed by atoms with Gasteiger partial charge in [-0.2, -0.15) is 0 Å². The number of hydrogen-bond acceptors (Lipinski definition) is 4. The Bertz CT molecular complexity index is 1140. The molecule has 3 aromatic rings. The molecule has 1 atom stereocenters. The van der Waals surface area contributed by atoms with Crippen molar-refractivity contribution in [2.24, 2.45) is 0 Å². The van der Waals surface area contributed by atoms with Gasteiger partial charge < -0.3 is 9.88 Å². The summed E-state index contributed by atoms with van der Waals surface area (Å²) in [6, 6.07) is 12.1. The Hall–Kier alpha value is -2.25. The number of anilines is 1. The fourth-order valence-corrected chi connectivity index (χ4v) is 6.29. The second-order valence-electron chi connectivity index (χ2n) is 8.72. The average molecular weight is 454 g/mol. The van der Waals surface area contributed by atoms with E-state index in [1.54, 1.807) is 28.0 Å². The van der Waals surface area contributed by atoms with Gasteiger partial charge in [0, 0.05) is 22.0 Å². The molecule has 2 aromatic heterocycles. The highest BCUT2D eigenvalue weighted by Gasteiger charge is 2.49. The van der Waals surface area contributed by atoms with E-state index in [1.165, 1.54) is 6.42 Å². The predicted molar refractivity (Wildman–Crippen MR) is 128 cm³/mol. The first kappa shape index (κ1) is 20.6. The molecule has 1 aliphatic carbocycles. The van der Waals surface area contributed by atoms with Gasteiger partial charge in [-0.1, -0.05) is 25.3 Å². The Balaban J connectivity index is 1.60. The molecule has 2 aliphatic rings. The molecule has 5 nitrogen and oxygen atoms in total. The minimum Gasteiger partial charge on any atom is -0.351 e. The number of amides is 2. The number of thioether (sulfide) groups is 1. The first-order chi connectivity index (χ1) is 15.0. The number of benzene rings is 1. The van der Waals surface area contributed by atoms with Crippen molar-refractivity contribution in [3.8, 4) is 0 Å². The number of aromatic nitrogens is 1. The summed E-state index contributed by atoms with van der Waals surface area (Å²) in [5.41, 5.74) is 0.419. The molecule has 1 aromatic carbocycles. The third-order valence-corrected chi connectivity index (χ3v) is 8.30. The van der Waals surface area contributed by atoms with E-state index in [1.807, 2.05) is 59.5 Å². The zero-order chi connectivity index (χ0) is 21.6. The minimum atomic E-state index is -1.01. The maximum atomic E-state index is 13.8. The van der Waals surface area contributed by atoms with Crippen LogP contribution in [0.3, 0.4) is 0 Å². The van der Waals surface area contributed by atoms with Crippen LogP contribution in [-0.4, -0.2) is 34.2 Å². The number of hydrogen-bond donors (Lipinski definition) is 1. The van der Waals surface area contributed by atoms with Crippen molar-refractivity contribution in [3.63, 3.8) is 0 Å². The van der Waals surface area contributed by atoms with Gasteiger partial charge in [0.05, 0.1) is 6.54 Å². The first-order valence-corrected chi connectivity index (χ1v) is 13.0. The summed E-state index contributed by atoms with van der Waals surface area (Å²) in [5, 5.41) is 6.39. The number of rotatable bonds is 4. The van der Waals surface area contributed by atoms with Crippen LogP contribution in [0.1, 0.15) is 49.5 Å². The van der Waals surface area contributed by atoms with Crippen LogP contribution in [0.25, 0.3) is 10.2 Å². The quantitative estimate of drug-likeness (QED) is 0.546. The van der Waals surface area contributed by atoms with Gasteiger partial charge in [-0.3, -0.25) is 14.5 Å². The second kappa shape index (κ2) is 8.02. The highest BCUT2D eigenvalue weighted by molar-refractivity contribution is 7.98. The SMILES string of the molecule is CSc1cccc(N2C(=O)c3cc4ccsc4n3CC2(C)C(=O)NC2CCCCC2)c1. The Morgan fingerprint density at radius 1 is 1.19 bits per heavy atom. The number of nitrogens with zero attached hydrogens (tertiary/aromatic N) is 2. The molecule has 1 saturated carbocycles. The average Bonchev–Trinajstić information content (AvgIpc) is 3.37. The van der Waals surface area contributed by atoms with E-state index in [0.29, 0.717) is 12.2 Å². The molecule has 0 spiro atoms. The van der Waals surface area contributed by atoms with Crippen molar-refractivity contribution in [2.75, 3.05) is 11.2 Å². The molecule has 0 saturated heterocycles. The van der Waals surface area contributed by atoms with Gasteiger partial charge in [0.2, 0.25) is 5.91 Å². The Morgan fingerprint density at radius 2 is 2.00 bits per heavy atom. The summed E-state index contributed by atoms with van der Waals surface area (Å²) in [6.45, 7) is 2.36. The number of fused-ring (bicyclic) bond motifs is 3. The highest BCUT2D eigenvalue weighted by Crippen LogP contribution is 2.38. The molecule has 5 rings (SSSR count). The molecule has 7 heteroatoms. The minimum absolute atomic E-state index is 0.0636. The standard InChI is InChI=1S/C24H27N3O2S2/c1-24(23(29)25-17-7-4-3-5-8-17)15-26-20(13-16-11-12-31-22(16)26)21(28)27(24)18-9-6-10-19(14-18)30-2/h6,9-14,17H,3-5,7-8,15H2,1-2H3,(H,25,29). The van der Waals surface area contributed by atoms with Crippen LogP contribution < -0.4 is 10.2 Å². The summed E-state index contributed by atoms with van der Waals surface area (Å²) in [6.07, 6.45) is 7.59. The normalized spacial score (nSPS) is 22.0. The van der Waals surface area contributed by atoms with Crippen LogP contribution in [-0.2, 0) is 11.3 Å². The highest BCUT2D eigenvalue weighted by atomic mass is 32.2. The Morgan fingerprint density at radius 3 is 2.77 bits per heavy atom. The molecule has 2 amide bonds. The van der Waals surface area contributed by atoms with E-state index in [9.17, 15) is 9.59 Å². The summed E-state index contributed by atoms with van der Waals surface area (Å²) >= 11 is 3.25. The maximum Gasteiger partial charge on any atom is 0.275 e. The van der Waals surface area contributed by atoms with Crippen LogP contribution in [0.5, 0.6) is 0 Å². The molecule has 3 heterocycles. The van der Waals surface area contributed by atoms with Gasteiger partial charge in [-0.05, 0) is 61.7 Å². The zero-order valence-electron chi connectivity index (χ0n) is 17.9. The van der Waals surface area contributed by atoms with Crippen molar-refractivity contribution >= 4 is 50.8 Å². The zero-order valence-corrected chi connectivity index (χ0v) is 19.5. The lowest BCUT2D eigenvalue weighted by atomic mass is 9.91. The van der Waals surface area contributed by atoms with Gasteiger partial charge in [-0.25, -0.2) is 0 Å². The number of nitrogens with one attached hydrogen (secondary N) is 1. The number of carbonyl (C=O) groups excluding carboxylic acids is 2.